The predicted molar refractivity (Wildman–Crippen MR) is 104 cm³/mol. The van der Waals surface area contributed by atoms with Crippen molar-refractivity contribution in [3.63, 3.8) is 0 Å². The van der Waals surface area contributed by atoms with Gasteiger partial charge in [-0.2, -0.15) is 4.90 Å². The van der Waals surface area contributed by atoms with E-state index in [1.165, 1.54) is 5.56 Å². The first-order valence-corrected chi connectivity index (χ1v) is 9.96. The molecule has 0 amide bonds. The van der Waals surface area contributed by atoms with E-state index in [0.717, 1.165) is 39.6 Å². The number of benzene rings is 2. The van der Waals surface area contributed by atoms with Gasteiger partial charge in [0.1, 0.15) is 5.69 Å². The molecule has 2 aromatic rings. The van der Waals surface area contributed by atoms with Crippen LogP contribution in [0.25, 0.3) is 0 Å². The molecule has 3 nitrogen and oxygen atoms in total. The highest BCUT2D eigenvalue weighted by molar-refractivity contribution is 9.10. The lowest BCUT2D eigenvalue weighted by Gasteiger charge is -2.28. The smallest absolute Gasteiger partial charge is 0.316 e. The molecule has 0 saturated heterocycles. The van der Waals surface area contributed by atoms with Crippen LogP contribution in [-0.4, -0.2) is 33.7 Å². The van der Waals surface area contributed by atoms with Gasteiger partial charge in [0.2, 0.25) is 0 Å². The zero-order valence-electron chi connectivity index (χ0n) is 14.0. The summed E-state index contributed by atoms with van der Waals surface area (Å²) in [6, 6.07) is 16.4. The number of aliphatic hydroxyl groups is 1. The van der Waals surface area contributed by atoms with Crippen LogP contribution in [0.2, 0.25) is 0 Å². The van der Waals surface area contributed by atoms with Crippen LogP contribution in [-0.2, 0) is 5.72 Å². The molecule has 0 saturated carbocycles. The van der Waals surface area contributed by atoms with Gasteiger partial charge in [0, 0.05) is 15.8 Å². The fourth-order valence-corrected chi connectivity index (χ4v) is 4.85. The first-order chi connectivity index (χ1) is 11.6. The van der Waals surface area contributed by atoms with Crippen LogP contribution in [0.1, 0.15) is 17.5 Å². The summed E-state index contributed by atoms with van der Waals surface area (Å²) in [5.74, 6) is 1.10. The van der Waals surface area contributed by atoms with Gasteiger partial charge in [-0.15, -0.1) is 0 Å². The number of halogens is 2. The molecule has 2 aliphatic heterocycles. The fraction of sp³-hybridized carbons (Fsp3) is 0.316. The Hall–Kier alpha value is -0.820. The Morgan fingerprint density at radius 2 is 1.80 bits per heavy atom. The topological polar surface area (TPSA) is 26.5 Å². The lowest BCUT2D eigenvalue weighted by molar-refractivity contribution is -0.532. The quantitative estimate of drug-likeness (QED) is 0.644. The van der Waals surface area contributed by atoms with Crippen LogP contribution >= 0.6 is 27.7 Å². The van der Waals surface area contributed by atoms with Gasteiger partial charge in [-0.25, -0.2) is 4.58 Å². The molecule has 25 heavy (non-hydrogen) atoms. The van der Waals surface area contributed by atoms with Crippen LogP contribution in [0.4, 0.5) is 5.69 Å². The molecule has 0 aliphatic carbocycles. The summed E-state index contributed by atoms with van der Waals surface area (Å²) in [5, 5.41) is 12.9. The summed E-state index contributed by atoms with van der Waals surface area (Å²) < 4.78 is 3.36. The van der Waals surface area contributed by atoms with E-state index in [1.807, 2.05) is 36.0 Å². The van der Waals surface area contributed by atoms with Gasteiger partial charge in [0.05, 0.1) is 6.54 Å². The summed E-state index contributed by atoms with van der Waals surface area (Å²) in [7, 11) is 0. The number of thioether (sulfide) groups is 1. The number of amidine groups is 1. The lowest BCUT2D eigenvalue weighted by atomic mass is 10.00. The molecular weight excluding hydrogens is 464 g/mol. The van der Waals surface area contributed by atoms with Gasteiger partial charge in [-0.1, -0.05) is 45.8 Å². The van der Waals surface area contributed by atoms with Crippen molar-refractivity contribution in [2.45, 2.75) is 19.1 Å². The Morgan fingerprint density at radius 1 is 1.12 bits per heavy atom. The minimum atomic E-state index is -1.03. The molecule has 6 heteroatoms. The molecule has 0 radical (unpaired) electrons. The summed E-state index contributed by atoms with van der Waals surface area (Å²) in [6.07, 6.45) is 1.16. The number of anilines is 1. The van der Waals surface area contributed by atoms with Crippen molar-refractivity contribution >= 4 is 38.5 Å². The number of aryl methyl sites for hydroxylation is 1. The fourth-order valence-electron chi connectivity index (χ4n) is 3.41. The Morgan fingerprint density at radius 3 is 2.48 bits per heavy atom. The minimum Gasteiger partial charge on any atom is -1.00 e. The summed E-state index contributed by atoms with van der Waals surface area (Å²) in [5.41, 5.74) is 2.13. The van der Waals surface area contributed by atoms with Gasteiger partial charge in [-0.3, -0.25) is 0 Å². The van der Waals surface area contributed by atoms with E-state index in [1.54, 1.807) is 0 Å². The highest BCUT2D eigenvalue weighted by atomic mass is 79.9. The monoisotopic (exact) mass is 482 g/mol. The average Bonchev–Trinajstić information content (AvgIpc) is 2.89. The van der Waals surface area contributed by atoms with Crippen LogP contribution in [0.5, 0.6) is 0 Å². The number of rotatable bonds is 2. The molecule has 0 fully saturated rings. The van der Waals surface area contributed by atoms with Gasteiger partial charge in [-0.05, 0) is 49.4 Å². The van der Waals surface area contributed by atoms with Gasteiger partial charge < -0.3 is 22.1 Å². The van der Waals surface area contributed by atoms with Crippen molar-refractivity contribution in [1.82, 2.24) is 0 Å². The highest BCUT2D eigenvalue weighted by Crippen LogP contribution is 2.40. The molecule has 0 bridgehead atoms. The van der Waals surface area contributed by atoms with Crippen molar-refractivity contribution in [3.8, 4) is 0 Å². The second-order valence-corrected chi connectivity index (χ2v) is 8.38. The van der Waals surface area contributed by atoms with Crippen molar-refractivity contribution in [3.05, 3.63) is 64.1 Å². The molecule has 2 aliphatic rings. The average molecular weight is 484 g/mol. The van der Waals surface area contributed by atoms with E-state index in [-0.39, 0.29) is 17.0 Å². The maximum atomic E-state index is 11.7. The largest absolute Gasteiger partial charge is 1.00 e. The Bertz CT molecular complexity index is 792. The Kier molecular flexibility index (Phi) is 5.63. The molecule has 132 valence electrons. The molecule has 4 rings (SSSR count). The number of nitrogens with zero attached hydrogens (tertiary/aromatic N) is 2. The maximum Gasteiger partial charge on any atom is 0.316 e. The first kappa shape index (κ1) is 19.0. The molecule has 1 atom stereocenters. The van der Waals surface area contributed by atoms with Gasteiger partial charge >= 0.3 is 5.17 Å². The van der Waals surface area contributed by atoms with E-state index in [4.69, 9.17) is 0 Å². The predicted octanol–water partition coefficient (Wildman–Crippen LogP) is 0.932. The number of hydrogen-bond donors (Lipinski definition) is 1. The number of hydrogen-bond acceptors (Lipinski definition) is 3. The molecule has 0 spiro atoms. The van der Waals surface area contributed by atoms with Crippen molar-refractivity contribution in [1.29, 1.82) is 0 Å². The lowest BCUT2D eigenvalue weighted by Crippen LogP contribution is -3.00. The third kappa shape index (κ3) is 3.42. The van der Waals surface area contributed by atoms with Crippen LogP contribution in [0.15, 0.2) is 53.0 Å². The highest BCUT2D eigenvalue weighted by Gasteiger charge is 2.55. The van der Waals surface area contributed by atoms with E-state index in [9.17, 15) is 5.11 Å². The van der Waals surface area contributed by atoms with E-state index in [2.05, 4.69) is 56.6 Å². The van der Waals surface area contributed by atoms with Gasteiger partial charge in [0.15, 0.2) is 6.54 Å². The van der Waals surface area contributed by atoms with E-state index >= 15 is 0 Å². The van der Waals surface area contributed by atoms with Crippen molar-refractivity contribution < 1.29 is 26.7 Å². The maximum absolute atomic E-state index is 11.7. The second kappa shape index (κ2) is 7.43. The molecule has 2 aromatic carbocycles. The third-order valence-electron chi connectivity index (χ3n) is 4.65. The van der Waals surface area contributed by atoms with E-state index < -0.39 is 5.72 Å². The van der Waals surface area contributed by atoms with Gasteiger partial charge in [0.25, 0.3) is 5.72 Å². The molecule has 2 heterocycles. The van der Waals surface area contributed by atoms with E-state index in [0.29, 0.717) is 6.54 Å². The summed E-state index contributed by atoms with van der Waals surface area (Å²) in [4.78, 5) is 2.11. The molecule has 1 unspecified atom stereocenters. The molecule has 1 N–H and O–H groups in total. The SMILES string of the molecule is Cc1ccc(C2(O)C[N+]3=C(SCCC3)N2c2ccc(Br)cc2)cc1.[Br-]. The third-order valence-corrected chi connectivity index (χ3v) is 6.37. The standard InChI is InChI=1S/C19H20BrN2OS.BrH/c1-14-3-5-15(6-4-14)19(23)13-21-11-2-12-24-18(21)22(19)17-9-7-16(20)8-10-17;/h3-10,23H,2,11-13H2,1H3;1H/q+1;/p-1. The second-order valence-electron chi connectivity index (χ2n) is 6.40. The van der Waals surface area contributed by atoms with Crippen molar-refractivity contribution in [2.24, 2.45) is 0 Å². The Balaban J connectivity index is 0.00000182. The zero-order valence-corrected chi connectivity index (χ0v) is 17.9. The van der Waals surface area contributed by atoms with Crippen LogP contribution in [0.3, 0.4) is 0 Å². The molecule has 0 aromatic heterocycles. The summed E-state index contributed by atoms with van der Waals surface area (Å²) in [6.45, 7) is 3.68. The first-order valence-electron chi connectivity index (χ1n) is 8.18. The zero-order chi connectivity index (χ0) is 16.7. The van der Waals surface area contributed by atoms with Crippen LogP contribution in [0, 0.1) is 6.92 Å². The Labute approximate surface area is 171 Å². The molecular formula is C19H20Br2N2OS. The van der Waals surface area contributed by atoms with Crippen molar-refractivity contribution in [2.75, 3.05) is 23.7 Å². The normalized spacial score (nSPS) is 22.6. The minimum absolute atomic E-state index is 0. The summed E-state index contributed by atoms with van der Waals surface area (Å²) >= 11 is 5.34. The van der Waals surface area contributed by atoms with Crippen LogP contribution < -0.4 is 21.9 Å².